The lowest BCUT2D eigenvalue weighted by Crippen LogP contribution is -3.08. The second-order valence-corrected chi connectivity index (χ2v) is 6.98. The number of primary amides is 1. The molecule has 138 valence electrons. The summed E-state index contributed by atoms with van der Waals surface area (Å²) >= 11 is 1.31. The van der Waals surface area contributed by atoms with Crippen LogP contribution in [0.3, 0.4) is 0 Å². The van der Waals surface area contributed by atoms with Gasteiger partial charge in [0.25, 0.3) is 5.91 Å². The van der Waals surface area contributed by atoms with E-state index in [1.165, 1.54) is 11.8 Å². The lowest BCUT2D eigenvalue weighted by atomic mass is 10.2. The summed E-state index contributed by atoms with van der Waals surface area (Å²) in [6.07, 6.45) is 0. The van der Waals surface area contributed by atoms with Crippen LogP contribution >= 0.6 is 11.8 Å². The highest BCUT2D eigenvalue weighted by molar-refractivity contribution is 8.00. The molecule has 0 bridgehead atoms. The second-order valence-electron chi connectivity index (χ2n) is 5.96. The van der Waals surface area contributed by atoms with Gasteiger partial charge in [-0.05, 0) is 24.3 Å². The summed E-state index contributed by atoms with van der Waals surface area (Å²) in [7, 11) is 3.60. The largest absolute Gasteiger partial charge is 0.497 e. The van der Waals surface area contributed by atoms with E-state index in [4.69, 9.17) is 10.5 Å². The summed E-state index contributed by atoms with van der Waals surface area (Å²) in [5, 5.41) is 2.92. The van der Waals surface area contributed by atoms with Crippen molar-refractivity contribution in [3.8, 4) is 5.75 Å². The van der Waals surface area contributed by atoms with Crippen LogP contribution in [0.1, 0.15) is 5.56 Å². The second kappa shape index (κ2) is 9.84. The minimum atomic E-state index is -0.390. The first-order chi connectivity index (χ1) is 12.5. The van der Waals surface area contributed by atoms with Crippen LogP contribution in [0.15, 0.2) is 53.4 Å². The van der Waals surface area contributed by atoms with Crippen LogP contribution in [0, 0.1) is 0 Å². The highest BCUT2D eigenvalue weighted by Gasteiger charge is 2.13. The predicted molar refractivity (Wildman–Crippen MR) is 103 cm³/mol. The smallest absolute Gasteiger partial charge is 0.279 e. The number of para-hydroxylation sites is 1. The van der Waals surface area contributed by atoms with Gasteiger partial charge in [-0.1, -0.05) is 24.3 Å². The van der Waals surface area contributed by atoms with Crippen molar-refractivity contribution in [3.63, 3.8) is 0 Å². The maximum absolute atomic E-state index is 12.4. The molecule has 0 radical (unpaired) electrons. The first-order valence-corrected chi connectivity index (χ1v) is 9.20. The van der Waals surface area contributed by atoms with Gasteiger partial charge in [-0.15, -0.1) is 11.8 Å². The Morgan fingerprint density at radius 2 is 1.96 bits per heavy atom. The van der Waals surface area contributed by atoms with Gasteiger partial charge in [-0.25, -0.2) is 0 Å². The highest BCUT2D eigenvalue weighted by Crippen LogP contribution is 2.26. The lowest BCUT2D eigenvalue weighted by Gasteiger charge is -2.15. The van der Waals surface area contributed by atoms with Crippen molar-refractivity contribution in [2.24, 2.45) is 5.73 Å². The number of nitrogens with one attached hydrogen (secondary N) is 2. The number of carbonyl (C=O) groups is 2. The number of hydrogen-bond acceptors (Lipinski definition) is 4. The van der Waals surface area contributed by atoms with Crippen LogP contribution in [-0.2, 0) is 16.1 Å². The molecular weight excluding hydrogens is 350 g/mol. The Bertz CT molecular complexity index is 767. The Kier molecular flexibility index (Phi) is 7.50. The maximum Gasteiger partial charge on any atom is 0.279 e. The van der Waals surface area contributed by atoms with E-state index in [1.54, 1.807) is 7.11 Å². The van der Waals surface area contributed by atoms with Crippen molar-refractivity contribution in [2.75, 3.05) is 31.8 Å². The topological polar surface area (TPSA) is 85.9 Å². The van der Waals surface area contributed by atoms with E-state index in [0.29, 0.717) is 18.8 Å². The molecule has 0 aliphatic rings. The molecular formula is C19H24N3O3S+. The number of hydrogen-bond donors (Lipinski definition) is 3. The number of methoxy groups -OCH3 is 1. The average molecular weight is 374 g/mol. The average Bonchev–Trinajstić information content (AvgIpc) is 2.60. The Labute approximate surface area is 157 Å². The number of quaternary nitrogens is 1. The third kappa shape index (κ3) is 6.42. The van der Waals surface area contributed by atoms with Crippen LogP contribution in [0.4, 0.5) is 5.69 Å². The minimum absolute atomic E-state index is 0.0856. The summed E-state index contributed by atoms with van der Waals surface area (Å²) in [5.74, 6) is 0.504. The van der Waals surface area contributed by atoms with E-state index in [0.717, 1.165) is 21.1 Å². The van der Waals surface area contributed by atoms with Gasteiger partial charge in [0.2, 0.25) is 5.91 Å². The van der Waals surface area contributed by atoms with E-state index >= 15 is 0 Å². The van der Waals surface area contributed by atoms with Gasteiger partial charge in [0.05, 0.1) is 25.6 Å². The van der Waals surface area contributed by atoms with Crippen LogP contribution in [0.25, 0.3) is 0 Å². The minimum Gasteiger partial charge on any atom is -0.497 e. The Morgan fingerprint density at radius 1 is 1.19 bits per heavy atom. The number of amides is 2. The number of rotatable bonds is 9. The molecule has 0 aliphatic carbocycles. The number of ether oxygens (including phenoxy) is 1. The number of anilines is 1. The fraction of sp³-hybridized carbons (Fsp3) is 0.263. The van der Waals surface area contributed by atoms with Crippen molar-refractivity contribution in [3.05, 3.63) is 54.1 Å². The first kappa shape index (κ1) is 19.8. The number of carbonyl (C=O) groups excluding carboxylic acids is 2. The lowest BCUT2D eigenvalue weighted by molar-refractivity contribution is -0.885. The Morgan fingerprint density at radius 3 is 2.69 bits per heavy atom. The quantitative estimate of drug-likeness (QED) is 0.570. The summed E-state index contributed by atoms with van der Waals surface area (Å²) in [6, 6.07) is 15.2. The molecule has 4 N–H and O–H groups in total. The fourth-order valence-corrected chi connectivity index (χ4v) is 3.25. The molecule has 0 saturated carbocycles. The number of likely N-dealkylation sites (N-methyl/N-ethyl adjacent to an activating group) is 1. The van der Waals surface area contributed by atoms with Crippen molar-refractivity contribution >= 4 is 29.3 Å². The number of nitrogens with two attached hydrogens (primary N) is 1. The molecule has 26 heavy (non-hydrogen) atoms. The number of benzene rings is 2. The van der Waals surface area contributed by atoms with Gasteiger partial charge in [0, 0.05) is 10.5 Å². The maximum atomic E-state index is 12.4. The van der Waals surface area contributed by atoms with Crippen molar-refractivity contribution in [2.45, 2.75) is 11.4 Å². The molecule has 1 atom stereocenters. The molecule has 2 amide bonds. The molecule has 1 unspecified atom stereocenters. The zero-order valence-electron chi connectivity index (χ0n) is 15.0. The van der Waals surface area contributed by atoms with Crippen LogP contribution in [0.2, 0.25) is 0 Å². The molecule has 2 aromatic rings. The van der Waals surface area contributed by atoms with Crippen molar-refractivity contribution < 1.29 is 19.2 Å². The standard InChI is InChI=1S/C19H23N3O3S/c1-22(11-14-6-5-7-15(10-14)25-2)12-19(24)21-16-8-3-4-9-17(16)26-13-18(20)23/h3-10H,11-13H2,1-2H3,(H2,20,23)(H,21,24)/p+1. The Balaban J connectivity index is 1.92. The molecule has 0 aromatic heterocycles. The summed E-state index contributed by atoms with van der Waals surface area (Å²) < 4.78 is 5.23. The van der Waals surface area contributed by atoms with Gasteiger partial charge in [-0.2, -0.15) is 0 Å². The molecule has 0 aliphatic heterocycles. The summed E-state index contributed by atoms with van der Waals surface area (Å²) in [4.78, 5) is 25.2. The van der Waals surface area contributed by atoms with E-state index in [-0.39, 0.29) is 11.7 Å². The van der Waals surface area contributed by atoms with E-state index < -0.39 is 5.91 Å². The molecule has 2 rings (SSSR count). The number of thioether (sulfide) groups is 1. The van der Waals surface area contributed by atoms with Crippen LogP contribution in [-0.4, -0.2) is 38.3 Å². The van der Waals surface area contributed by atoms with Crippen molar-refractivity contribution in [1.82, 2.24) is 0 Å². The predicted octanol–water partition coefficient (Wildman–Crippen LogP) is 0.926. The van der Waals surface area contributed by atoms with E-state index in [9.17, 15) is 9.59 Å². The molecule has 0 spiro atoms. The van der Waals surface area contributed by atoms with Gasteiger partial charge in [0.1, 0.15) is 12.3 Å². The molecule has 6 nitrogen and oxygen atoms in total. The Hall–Kier alpha value is -2.51. The normalized spacial score (nSPS) is 11.6. The third-order valence-electron chi connectivity index (χ3n) is 3.63. The highest BCUT2D eigenvalue weighted by atomic mass is 32.2. The zero-order valence-corrected chi connectivity index (χ0v) is 15.8. The van der Waals surface area contributed by atoms with Gasteiger partial charge >= 0.3 is 0 Å². The monoisotopic (exact) mass is 374 g/mol. The van der Waals surface area contributed by atoms with Gasteiger partial charge in [-0.3, -0.25) is 9.59 Å². The van der Waals surface area contributed by atoms with Gasteiger partial charge < -0.3 is 20.7 Å². The summed E-state index contributed by atoms with van der Waals surface area (Å²) in [6.45, 7) is 1.04. The van der Waals surface area contributed by atoms with Gasteiger partial charge in [0.15, 0.2) is 6.54 Å². The van der Waals surface area contributed by atoms with E-state index in [2.05, 4.69) is 5.32 Å². The molecule has 2 aromatic carbocycles. The first-order valence-electron chi connectivity index (χ1n) is 8.22. The molecule has 0 saturated heterocycles. The molecule has 0 heterocycles. The fourth-order valence-electron chi connectivity index (χ4n) is 2.51. The molecule has 7 heteroatoms. The van der Waals surface area contributed by atoms with Crippen LogP contribution < -0.4 is 20.7 Å². The van der Waals surface area contributed by atoms with Crippen molar-refractivity contribution in [1.29, 1.82) is 0 Å². The third-order valence-corrected chi connectivity index (χ3v) is 4.73. The zero-order chi connectivity index (χ0) is 18.9. The van der Waals surface area contributed by atoms with Crippen LogP contribution in [0.5, 0.6) is 5.75 Å². The SMILES string of the molecule is COc1cccc(C[NH+](C)CC(=O)Nc2ccccc2SCC(N)=O)c1. The molecule has 0 fully saturated rings. The summed E-state index contributed by atoms with van der Waals surface area (Å²) in [5.41, 5.74) is 6.99. The van der Waals surface area contributed by atoms with E-state index in [1.807, 2.05) is 55.6 Å².